The number of carbonyl (C=O) groups is 1. The van der Waals surface area contributed by atoms with E-state index in [-0.39, 0.29) is 12.2 Å². The second-order valence-corrected chi connectivity index (χ2v) is 6.60. The summed E-state index contributed by atoms with van der Waals surface area (Å²) in [4.78, 5) is 12.4. The third kappa shape index (κ3) is 3.77. The highest BCUT2D eigenvalue weighted by Crippen LogP contribution is 2.41. The zero-order chi connectivity index (χ0) is 18.0. The van der Waals surface area contributed by atoms with Gasteiger partial charge in [0.05, 0.1) is 5.56 Å². The minimum atomic E-state index is -0.740. The van der Waals surface area contributed by atoms with Crippen molar-refractivity contribution in [2.45, 2.75) is 56.8 Å². The second kappa shape index (κ2) is 7.25. The molecular weight excluding hydrogens is 324 g/mol. The fourth-order valence-corrected chi connectivity index (χ4v) is 3.27. The number of ether oxygens (including phenoxy) is 5. The van der Waals surface area contributed by atoms with Crippen molar-refractivity contribution in [1.29, 1.82) is 0 Å². The first-order valence-electron chi connectivity index (χ1n) is 8.36. The second-order valence-electron chi connectivity index (χ2n) is 6.60. The van der Waals surface area contributed by atoms with E-state index in [9.17, 15) is 4.79 Å². The predicted octanol–water partition coefficient (Wildman–Crippen LogP) is 2.68. The van der Waals surface area contributed by atoms with Crippen molar-refractivity contribution in [3.8, 4) is 0 Å². The minimum absolute atomic E-state index is 0.368. The number of rotatable bonds is 6. The first-order chi connectivity index (χ1) is 11.9. The van der Waals surface area contributed by atoms with Crippen LogP contribution in [0.5, 0.6) is 0 Å². The molecule has 0 amide bonds. The Morgan fingerprint density at radius 2 is 1.96 bits per heavy atom. The highest BCUT2D eigenvalue weighted by Gasteiger charge is 2.58. The fraction of sp³-hybridized carbons (Fsp3) is 0.526. The summed E-state index contributed by atoms with van der Waals surface area (Å²) < 4.78 is 28.9. The van der Waals surface area contributed by atoms with Gasteiger partial charge in [-0.25, -0.2) is 4.79 Å². The van der Waals surface area contributed by atoms with Crippen molar-refractivity contribution >= 4 is 5.97 Å². The molecule has 2 saturated heterocycles. The molecule has 0 N–H and O–H groups in total. The Hall–Kier alpha value is -1.73. The average Bonchev–Trinajstić information content (AvgIpc) is 3.08. The number of carbonyl (C=O) groups excluding carboxylic acids is 1. The molecule has 0 spiro atoms. The van der Waals surface area contributed by atoms with E-state index in [1.807, 2.05) is 19.9 Å². The summed E-state index contributed by atoms with van der Waals surface area (Å²) in [6, 6.07) is 8.85. The number of methoxy groups -OCH3 is 1. The van der Waals surface area contributed by atoms with Gasteiger partial charge in [0, 0.05) is 13.5 Å². The third-order valence-electron chi connectivity index (χ3n) is 4.31. The highest BCUT2D eigenvalue weighted by atomic mass is 16.8. The minimum Gasteiger partial charge on any atom is -0.456 e. The molecule has 6 heteroatoms. The maximum atomic E-state index is 12.4. The maximum Gasteiger partial charge on any atom is 0.338 e. The van der Waals surface area contributed by atoms with E-state index in [4.69, 9.17) is 23.7 Å². The van der Waals surface area contributed by atoms with Crippen LogP contribution in [-0.2, 0) is 23.7 Å². The van der Waals surface area contributed by atoms with Crippen LogP contribution in [0.2, 0.25) is 0 Å². The van der Waals surface area contributed by atoms with Crippen molar-refractivity contribution in [1.82, 2.24) is 0 Å². The summed E-state index contributed by atoms with van der Waals surface area (Å²) in [5.74, 6) is -1.15. The molecule has 2 aliphatic rings. The highest BCUT2D eigenvalue weighted by molar-refractivity contribution is 5.89. The molecular formula is C19H24O6. The topological polar surface area (TPSA) is 63.2 Å². The van der Waals surface area contributed by atoms with Crippen molar-refractivity contribution < 1.29 is 28.5 Å². The Labute approximate surface area is 147 Å². The van der Waals surface area contributed by atoms with Crippen LogP contribution in [-0.4, -0.2) is 49.6 Å². The molecule has 0 saturated carbocycles. The van der Waals surface area contributed by atoms with E-state index in [0.29, 0.717) is 12.0 Å². The van der Waals surface area contributed by atoms with Gasteiger partial charge in [0.25, 0.3) is 0 Å². The molecule has 6 nitrogen and oxygen atoms in total. The molecule has 1 aromatic rings. The van der Waals surface area contributed by atoms with Crippen LogP contribution in [0.1, 0.15) is 30.6 Å². The molecule has 2 aliphatic heterocycles. The number of fused-ring (bicyclic) bond motifs is 1. The lowest BCUT2D eigenvalue weighted by Crippen LogP contribution is -2.41. The van der Waals surface area contributed by atoms with E-state index < -0.39 is 30.3 Å². The first kappa shape index (κ1) is 18.1. The molecule has 2 fully saturated rings. The van der Waals surface area contributed by atoms with Crippen molar-refractivity contribution in [2.24, 2.45) is 0 Å². The maximum absolute atomic E-state index is 12.4. The monoisotopic (exact) mass is 348 g/mol. The van der Waals surface area contributed by atoms with Crippen molar-refractivity contribution in [3.63, 3.8) is 0 Å². The molecule has 0 aliphatic carbocycles. The Kier molecular flexibility index (Phi) is 5.24. The van der Waals surface area contributed by atoms with Crippen LogP contribution in [0.25, 0.3) is 0 Å². The summed E-state index contributed by atoms with van der Waals surface area (Å²) in [6.07, 6.45) is -0.229. The lowest BCUT2D eigenvalue weighted by molar-refractivity contribution is -0.236. The number of hydrogen-bond acceptors (Lipinski definition) is 6. The standard InChI is InChI=1S/C19H24O6/c1-5-9-13(22-17(20)12-10-7-6-8-11-12)14-15-16(18(21-4)23-14)25-19(2,3)24-15/h5-8,10-11,13-16,18H,1,9H2,2-4H3/t13-,14-,15-,16-,18-/m1/s1. The molecule has 2 heterocycles. The van der Waals surface area contributed by atoms with E-state index in [0.717, 1.165) is 0 Å². The molecule has 25 heavy (non-hydrogen) atoms. The summed E-state index contributed by atoms with van der Waals surface area (Å²) >= 11 is 0. The number of benzene rings is 1. The van der Waals surface area contributed by atoms with Gasteiger partial charge in [0.2, 0.25) is 0 Å². The fourth-order valence-electron chi connectivity index (χ4n) is 3.27. The van der Waals surface area contributed by atoms with Gasteiger partial charge < -0.3 is 23.7 Å². The zero-order valence-corrected chi connectivity index (χ0v) is 14.7. The van der Waals surface area contributed by atoms with Gasteiger partial charge in [-0.05, 0) is 26.0 Å². The number of hydrogen-bond donors (Lipinski definition) is 0. The van der Waals surface area contributed by atoms with Gasteiger partial charge >= 0.3 is 5.97 Å². The summed E-state index contributed by atoms with van der Waals surface area (Å²) in [7, 11) is 1.55. The molecule has 0 unspecified atom stereocenters. The molecule has 3 rings (SSSR count). The Morgan fingerprint density at radius 3 is 2.60 bits per heavy atom. The van der Waals surface area contributed by atoms with Crippen LogP contribution in [0.3, 0.4) is 0 Å². The lowest BCUT2D eigenvalue weighted by atomic mass is 10.0. The lowest BCUT2D eigenvalue weighted by Gasteiger charge is -2.28. The van der Waals surface area contributed by atoms with Crippen molar-refractivity contribution in [3.05, 3.63) is 48.6 Å². The summed E-state index contributed by atoms with van der Waals surface area (Å²) in [5, 5.41) is 0. The molecule has 0 bridgehead atoms. The van der Waals surface area contributed by atoms with Gasteiger partial charge in [-0.15, -0.1) is 6.58 Å². The number of esters is 1. The summed E-state index contributed by atoms with van der Waals surface area (Å²) in [6.45, 7) is 7.44. The largest absolute Gasteiger partial charge is 0.456 e. The zero-order valence-electron chi connectivity index (χ0n) is 14.7. The quantitative estimate of drug-likeness (QED) is 0.582. The summed E-state index contributed by atoms with van der Waals surface area (Å²) in [5.41, 5.74) is 0.485. The van der Waals surface area contributed by atoms with E-state index >= 15 is 0 Å². The van der Waals surface area contributed by atoms with Gasteiger partial charge in [-0.3, -0.25) is 0 Å². The normalized spacial score (nSPS) is 31.3. The van der Waals surface area contributed by atoms with Crippen LogP contribution < -0.4 is 0 Å². The van der Waals surface area contributed by atoms with Crippen LogP contribution in [0, 0.1) is 0 Å². The van der Waals surface area contributed by atoms with Gasteiger partial charge in [0.1, 0.15) is 24.4 Å². The van der Waals surface area contributed by atoms with Crippen LogP contribution >= 0.6 is 0 Å². The van der Waals surface area contributed by atoms with Gasteiger partial charge in [-0.1, -0.05) is 24.3 Å². The average molecular weight is 348 g/mol. The van der Waals surface area contributed by atoms with Gasteiger partial charge in [0.15, 0.2) is 12.1 Å². The smallest absolute Gasteiger partial charge is 0.338 e. The molecule has 0 radical (unpaired) electrons. The Balaban J connectivity index is 1.78. The predicted molar refractivity (Wildman–Crippen MR) is 90.0 cm³/mol. The SMILES string of the molecule is C=CC[C@@H](OC(=O)c1ccccc1)[C@H]1O[C@@H](OC)[C@@H]2OC(C)(C)O[C@@H]21. The van der Waals surface area contributed by atoms with Crippen molar-refractivity contribution in [2.75, 3.05) is 7.11 Å². The molecule has 0 aromatic heterocycles. The van der Waals surface area contributed by atoms with E-state index in [1.54, 1.807) is 37.5 Å². The Bertz CT molecular complexity index is 614. The first-order valence-corrected chi connectivity index (χ1v) is 8.36. The third-order valence-corrected chi connectivity index (χ3v) is 4.31. The van der Waals surface area contributed by atoms with Crippen LogP contribution in [0.4, 0.5) is 0 Å². The molecule has 136 valence electrons. The molecule has 5 atom stereocenters. The van der Waals surface area contributed by atoms with E-state index in [2.05, 4.69) is 6.58 Å². The Morgan fingerprint density at radius 1 is 1.28 bits per heavy atom. The van der Waals surface area contributed by atoms with Gasteiger partial charge in [-0.2, -0.15) is 0 Å². The molecule has 1 aromatic carbocycles. The van der Waals surface area contributed by atoms with E-state index in [1.165, 1.54) is 0 Å². The van der Waals surface area contributed by atoms with Crippen LogP contribution in [0.15, 0.2) is 43.0 Å².